The van der Waals surface area contributed by atoms with Crippen LogP contribution in [0.15, 0.2) is 48.9 Å². The van der Waals surface area contributed by atoms with Crippen molar-refractivity contribution in [3.8, 4) is 17.3 Å². The summed E-state index contributed by atoms with van der Waals surface area (Å²) in [5.41, 5.74) is 3.18. The first-order valence-electron chi connectivity index (χ1n) is 9.75. The van der Waals surface area contributed by atoms with Crippen LogP contribution in [0.4, 0.5) is 5.82 Å². The number of hydrogen-bond donors (Lipinski definition) is 0. The van der Waals surface area contributed by atoms with Crippen LogP contribution in [0.3, 0.4) is 0 Å². The maximum Gasteiger partial charge on any atom is 0.213 e. The zero-order chi connectivity index (χ0) is 19.3. The van der Waals surface area contributed by atoms with Gasteiger partial charge in [0.05, 0.1) is 6.61 Å². The normalized spacial score (nSPS) is 14.9. The molecule has 1 saturated heterocycles. The average Bonchev–Trinajstić information content (AvgIpc) is 2.76. The van der Waals surface area contributed by atoms with Crippen LogP contribution < -0.4 is 9.64 Å². The van der Waals surface area contributed by atoms with Crippen LogP contribution in [-0.4, -0.2) is 39.6 Å². The Kier molecular flexibility index (Phi) is 5.46. The van der Waals surface area contributed by atoms with E-state index in [0.29, 0.717) is 11.8 Å². The number of piperidine rings is 1. The van der Waals surface area contributed by atoms with E-state index in [-0.39, 0.29) is 0 Å². The summed E-state index contributed by atoms with van der Waals surface area (Å²) in [4.78, 5) is 20.3. The van der Waals surface area contributed by atoms with Gasteiger partial charge >= 0.3 is 0 Å². The molecule has 0 unspecified atom stereocenters. The number of ether oxygens (including phenoxy) is 1. The Morgan fingerprint density at radius 3 is 2.50 bits per heavy atom. The summed E-state index contributed by atoms with van der Waals surface area (Å²) in [7, 11) is 0. The Labute approximate surface area is 165 Å². The third-order valence-electron chi connectivity index (χ3n) is 5.32. The lowest BCUT2D eigenvalue weighted by Gasteiger charge is -2.33. The lowest BCUT2D eigenvalue weighted by Crippen LogP contribution is -2.36. The first kappa shape index (κ1) is 18.3. The fourth-order valence-electron chi connectivity index (χ4n) is 3.50. The van der Waals surface area contributed by atoms with Crippen molar-refractivity contribution in [2.75, 3.05) is 24.6 Å². The van der Waals surface area contributed by atoms with Gasteiger partial charge in [0.2, 0.25) is 5.88 Å². The molecular formula is C22H25N5O. The van der Waals surface area contributed by atoms with Crippen LogP contribution in [-0.2, 0) is 0 Å². The number of anilines is 1. The zero-order valence-corrected chi connectivity index (χ0v) is 16.4. The van der Waals surface area contributed by atoms with Gasteiger partial charge in [0.15, 0.2) is 5.82 Å². The quantitative estimate of drug-likeness (QED) is 0.675. The molecule has 1 aliphatic rings. The van der Waals surface area contributed by atoms with Gasteiger partial charge < -0.3 is 9.64 Å². The van der Waals surface area contributed by atoms with Gasteiger partial charge in [0.25, 0.3) is 0 Å². The molecule has 0 spiro atoms. The Morgan fingerprint density at radius 1 is 1.00 bits per heavy atom. The second kappa shape index (κ2) is 8.33. The van der Waals surface area contributed by atoms with E-state index in [0.717, 1.165) is 61.0 Å². The monoisotopic (exact) mass is 375 g/mol. The third-order valence-corrected chi connectivity index (χ3v) is 5.32. The fourth-order valence-corrected chi connectivity index (χ4v) is 3.50. The smallest absolute Gasteiger partial charge is 0.213 e. The van der Waals surface area contributed by atoms with Gasteiger partial charge in [-0.2, -0.15) is 0 Å². The number of nitrogens with zero attached hydrogens (tertiary/aromatic N) is 5. The van der Waals surface area contributed by atoms with E-state index in [1.54, 1.807) is 18.6 Å². The van der Waals surface area contributed by atoms with Gasteiger partial charge in [-0.1, -0.05) is 6.07 Å². The molecule has 0 aliphatic carbocycles. The van der Waals surface area contributed by atoms with Crippen molar-refractivity contribution in [2.24, 2.45) is 5.92 Å². The molecule has 0 N–H and O–H groups in total. The topological polar surface area (TPSA) is 64.0 Å². The van der Waals surface area contributed by atoms with Gasteiger partial charge in [-0.25, -0.2) is 15.0 Å². The van der Waals surface area contributed by atoms with Gasteiger partial charge in [-0.05, 0) is 50.8 Å². The molecule has 3 aromatic heterocycles. The average molecular weight is 375 g/mol. The van der Waals surface area contributed by atoms with Crippen molar-refractivity contribution in [2.45, 2.75) is 26.7 Å². The standard InChI is InChI=1S/C22H25N5O/c1-16-17(2)25-21(19-6-11-23-12-7-19)26-22(16)27-13-8-18(9-14-27)15-28-20-5-3-4-10-24-20/h3-7,10-12,18H,8-9,13-15H2,1-2H3. The SMILES string of the molecule is Cc1nc(-c2ccncc2)nc(N2CCC(COc3ccccn3)CC2)c1C. The van der Waals surface area contributed by atoms with E-state index in [1.807, 2.05) is 30.3 Å². The highest BCUT2D eigenvalue weighted by atomic mass is 16.5. The molecule has 1 aliphatic heterocycles. The molecule has 4 heterocycles. The number of rotatable bonds is 5. The molecule has 4 rings (SSSR count). The minimum absolute atomic E-state index is 0.543. The molecule has 0 aromatic carbocycles. The zero-order valence-electron chi connectivity index (χ0n) is 16.4. The largest absolute Gasteiger partial charge is 0.477 e. The Balaban J connectivity index is 1.43. The fraction of sp³-hybridized carbons (Fsp3) is 0.364. The first-order valence-corrected chi connectivity index (χ1v) is 9.75. The van der Waals surface area contributed by atoms with Crippen LogP contribution in [0.2, 0.25) is 0 Å². The van der Waals surface area contributed by atoms with Crippen molar-refractivity contribution in [3.63, 3.8) is 0 Å². The second-order valence-corrected chi connectivity index (χ2v) is 7.23. The van der Waals surface area contributed by atoms with Gasteiger partial charge in [0, 0.05) is 54.6 Å². The van der Waals surface area contributed by atoms with Crippen molar-refractivity contribution < 1.29 is 4.74 Å². The molecule has 28 heavy (non-hydrogen) atoms. The molecule has 1 fully saturated rings. The van der Waals surface area contributed by atoms with Gasteiger partial charge in [0.1, 0.15) is 5.82 Å². The van der Waals surface area contributed by atoms with Crippen LogP contribution in [0.1, 0.15) is 24.1 Å². The van der Waals surface area contributed by atoms with Crippen LogP contribution in [0, 0.1) is 19.8 Å². The van der Waals surface area contributed by atoms with E-state index < -0.39 is 0 Å². The van der Waals surface area contributed by atoms with Crippen LogP contribution in [0.5, 0.6) is 5.88 Å². The number of aryl methyl sites for hydroxylation is 1. The molecule has 0 bridgehead atoms. The Hall–Kier alpha value is -3.02. The highest BCUT2D eigenvalue weighted by Gasteiger charge is 2.23. The van der Waals surface area contributed by atoms with Gasteiger partial charge in [-0.15, -0.1) is 0 Å². The third kappa shape index (κ3) is 4.11. The predicted molar refractivity (Wildman–Crippen MR) is 109 cm³/mol. The number of aromatic nitrogens is 4. The molecule has 0 radical (unpaired) electrons. The molecule has 144 valence electrons. The maximum absolute atomic E-state index is 5.85. The predicted octanol–water partition coefficient (Wildman–Crippen LogP) is 3.85. The summed E-state index contributed by atoms with van der Waals surface area (Å²) >= 11 is 0. The summed E-state index contributed by atoms with van der Waals surface area (Å²) in [6.45, 7) is 6.83. The Bertz CT molecular complexity index is 909. The first-order chi connectivity index (χ1) is 13.7. The molecule has 0 atom stereocenters. The Morgan fingerprint density at radius 2 is 1.79 bits per heavy atom. The van der Waals surface area contributed by atoms with E-state index in [2.05, 4.69) is 33.7 Å². The molecule has 0 amide bonds. The van der Waals surface area contributed by atoms with E-state index in [4.69, 9.17) is 9.72 Å². The summed E-state index contributed by atoms with van der Waals surface area (Å²) in [6.07, 6.45) is 7.49. The lowest BCUT2D eigenvalue weighted by molar-refractivity contribution is 0.216. The molecule has 6 nitrogen and oxygen atoms in total. The van der Waals surface area contributed by atoms with Gasteiger partial charge in [-0.3, -0.25) is 4.98 Å². The van der Waals surface area contributed by atoms with E-state index >= 15 is 0 Å². The summed E-state index contributed by atoms with van der Waals surface area (Å²) in [5.74, 6) is 3.06. The molecule has 6 heteroatoms. The maximum atomic E-state index is 5.85. The highest BCUT2D eigenvalue weighted by molar-refractivity contribution is 5.60. The van der Waals surface area contributed by atoms with E-state index in [1.165, 1.54) is 0 Å². The summed E-state index contributed by atoms with van der Waals surface area (Å²) in [5, 5.41) is 0. The summed E-state index contributed by atoms with van der Waals surface area (Å²) < 4.78 is 5.85. The highest BCUT2D eigenvalue weighted by Crippen LogP contribution is 2.28. The molecule has 3 aromatic rings. The van der Waals surface area contributed by atoms with Crippen molar-refractivity contribution in [3.05, 3.63) is 60.2 Å². The van der Waals surface area contributed by atoms with Crippen molar-refractivity contribution in [1.82, 2.24) is 19.9 Å². The molecular weight excluding hydrogens is 350 g/mol. The lowest BCUT2D eigenvalue weighted by atomic mass is 9.97. The summed E-state index contributed by atoms with van der Waals surface area (Å²) in [6, 6.07) is 9.66. The number of pyridine rings is 2. The minimum atomic E-state index is 0.543. The van der Waals surface area contributed by atoms with Crippen molar-refractivity contribution >= 4 is 5.82 Å². The minimum Gasteiger partial charge on any atom is -0.477 e. The second-order valence-electron chi connectivity index (χ2n) is 7.23. The van der Waals surface area contributed by atoms with Crippen LogP contribution >= 0.6 is 0 Å². The number of hydrogen-bond acceptors (Lipinski definition) is 6. The molecule has 0 saturated carbocycles. The van der Waals surface area contributed by atoms with Crippen LogP contribution in [0.25, 0.3) is 11.4 Å². The van der Waals surface area contributed by atoms with E-state index in [9.17, 15) is 0 Å². The van der Waals surface area contributed by atoms with Crippen molar-refractivity contribution in [1.29, 1.82) is 0 Å².